The molecule has 3 aromatic rings. The molecule has 0 atom stereocenters. The Morgan fingerprint density at radius 3 is 2.73 bits per heavy atom. The first kappa shape index (κ1) is 17.7. The molecule has 0 fully saturated rings. The molecule has 6 nitrogen and oxygen atoms in total. The zero-order chi connectivity index (χ0) is 18.7. The second kappa shape index (κ2) is 7.03. The molecule has 136 valence electrons. The van der Waals surface area contributed by atoms with E-state index in [2.05, 4.69) is 15.3 Å². The van der Waals surface area contributed by atoms with E-state index in [1.807, 2.05) is 0 Å². The minimum atomic E-state index is -4.77. The maximum atomic E-state index is 13.4. The van der Waals surface area contributed by atoms with Crippen LogP contribution in [0.25, 0.3) is 5.65 Å². The fraction of sp³-hybridized carbons (Fsp3) is 0.235. The molecule has 0 spiro atoms. The molecular formula is C17H15F3N4O2. The lowest BCUT2D eigenvalue weighted by molar-refractivity contribution is -0.141. The van der Waals surface area contributed by atoms with E-state index in [9.17, 15) is 18.0 Å². The van der Waals surface area contributed by atoms with Gasteiger partial charge in [-0.15, -0.1) is 0 Å². The molecule has 1 N–H and O–H groups in total. The first-order chi connectivity index (χ1) is 12.4. The molecule has 0 bridgehead atoms. The van der Waals surface area contributed by atoms with Gasteiger partial charge in [-0.1, -0.05) is 6.07 Å². The number of rotatable bonds is 5. The number of fused-ring (bicyclic) bond motifs is 1. The Labute approximate surface area is 146 Å². The van der Waals surface area contributed by atoms with Crippen molar-refractivity contribution in [2.24, 2.45) is 0 Å². The van der Waals surface area contributed by atoms with Gasteiger partial charge in [0.25, 0.3) is 5.91 Å². The van der Waals surface area contributed by atoms with Crippen LogP contribution in [0.5, 0.6) is 5.75 Å². The van der Waals surface area contributed by atoms with Gasteiger partial charge >= 0.3 is 6.18 Å². The molecule has 26 heavy (non-hydrogen) atoms. The first-order valence-electron chi connectivity index (χ1n) is 7.72. The van der Waals surface area contributed by atoms with E-state index in [0.29, 0.717) is 6.42 Å². The number of pyridine rings is 2. The molecule has 0 saturated heterocycles. The predicted octanol–water partition coefficient (Wildman–Crippen LogP) is 2.73. The number of hydrogen-bond donors (Lipinski definition) is 1. The molecule has 0 saturated carbocycles. The molecule has 0 radical (unpaired) electrons. The first-order valence-corrected chi connectivity index (χ1v) is 7.72. The zero-order valence-electron chi connectivity index (χ0n) is 13.7. The predicted molar refractivity (Wildman–Crippen MR) is 87.0 cm³/mol. The Morgan fingerprint density at radius 1 is 1.27 bits per heavy atom. The highest BCUT2D eigenvalue weighted by molar-refractivity contribution is 5.95. The van der Waals surface area contributed by atoms with E-state index in [-0.39, 0.29) is 17.9 Å². The Morgan fingerprint density at radius 2 is 2.08 bits per heavy atom. The monoisotopic (exact) mass is 364 g/mol. The van der Waals surface area contributed by atoms with Crippen molar-refractivity contribution >= 4 is 11.6 Å². The number of carbonyl (C=O) groups excluding carboxylic acids is 1. The average Bonchev–Trinajstić information content (AvgIpc) is 3.02. The van der Waals surface area contributed by atoms with Crippen molar-refractivity contribution in [3.05, 3.63) is 59.8 Å². The van der Waals surface area contributed by atoms with Crippen molar-refractivity contribution < 1.29 is 22.7 Å². The smallest absolute Gasteiger partial charge is 0.435 e. The summed E-state index contributed by atoms with van der Waals surface area (Å²) in [6.45, 7) is 0.143. The SMILES string of the molecule is COc1cccn2c(C(=O)NCCc3ccccn3)c(C(F)(F)F)nc12. The molecule has 0 aliphatic rings. The minimum absolute atomic E-state index is 0.0720. The van der Waals surface area contributed by atoms with Crippen LogP contribution in [0, 0.1) is 0 Å². The fourth-order valence-corrected chi connectivity index (χ4v) is 2.55. The lowest BCUT2D eigenvalue weighted by Gasteiger charge is -2.09. The van der Waals surface area contributed by atoms with Gasteiger partial charge in [0.2, 0.25) is 0 Å². The highest BCUT2D eigenvalue weighted by atomic mass is 19.4. The van der Waals surface area contributed by atoms with Gasteiger partial charge < -0.3 is 10.1 Å². The number of amides is 1. The van der Waals surface area contributed by atoms with Crippen molar-refractivity contribution in [2.45, 2.75) is 12.6 Å². The van der Waals surface area contributed by atoms with Crippen molar-refractivity contribution in [3.8, 4) is 5.75 Å². The number of halogens is 3. The second-order valence-corrected chi connectivity index (χ2v) is 5.40. The summed E-state index contributed by atoms with van der Waals surface area (Å²) in [7, 11) is 1.32. The summed E-state index contributed by atoms with van der Waals surface area (Å²) in [6.07, 6.45) is -1.43. The lowest BCUT2D eigenvalue weighted by atomic mass is 10.2. The number of alkyl halides is 3. The van der Waals surface area contributed by atoms with E-state index in [4.69, 9.17) is 4.74 Å². The molecule has 0 aromatic carbocycles. The topological polar surface area (TPSA) is 68.5 Å². The fourth-order valence-electron chi connectivity index (χ4n) is 2.55. The van der Waals surface area contributed by atoms with Crippen LogP contribution in [0.1, 0.15) is 21.9 Å². The van der Waals surface area contributed by atoms with Gasteiger partial charge in [-0.3, -0.25) is 14.2 Å². The molecule has 3 heterocycles. The molecule has 1 amide bonds. The maximum Gasteiger partial charge on any atom is 0.435 e. The highest BCUT2D eigenvalue weighted by Crippen LogP contribution is 2.33. The van der Waals surface area contributed by atoms with Crippen LogP contribution in [-0.4, -0.2) is 33.9 Å². The van der Waals surface area contributed by atoms with Gasteiger partial charge in [0.1, 0.15) is 5.69 Å². The van der Waals surface area contributed by atoms with Gasteiger partial charge in [0, 0.05) is 31.1 Å². The third-order valence-electron chi connectivity index (χ3n) is 3.71. The van der Waals surface area contributed by atoms with E-state index in [1.165, 1.54) is 25.4 Å². The van der Waals surface area contributed by atoms with Crippen molar-refractivity contribution in [2.75, 3.05) is 13.7 Å². The zero-order valence-corrected chi connectivity index (χ0v) is 13.7. The van der Waals surface area contributed by atoms with Crippen LogP contribution in [0.2, 0.25) is 0 Å². The van der Waals surface area contributed by atoms with Gasteiger partial charge in [-0.05, 0) is 24.3 Å². The van der Waals surface area contributed by atoms with Gasteiger partial charge in [-0.2, -0.15) is 13.2 Å². The number of hydrogen-bond acceptors (Lipinski definition) is 4. The molecule has 0 aliphatic carbocycles. The highest BCUT2D eigenvalue weighted by Gasteiger charge is 2.40. The van der Waals surface area contributed by atoms with E-state index in [0.717, 1.165) is 10.1 Å². The largest absolute Gasteiger partial charge is 0.493 e. The van der Waals surface area contributed by atoms with Crippen LogP contribution in [0.3, 0.4) is 0 Å². The summed E-state index contributed by atoms with van der Waals surface area (Å²) in [6, 6.07) is 8.28. The van der Waals surface area contributed by atoms with Gasteiger partial charge in [0.15, 0.2) is 17.1 Å². The average molecular weight is 364 g/mol. The summed E-state index contributed by atoms with van der Waals surface area (Å²) in [4.78, 5) is 20.1. The Balaban J connectivity index is 1.91. The number of imidazole rings is 1. The standard InChI is InChI=1S/C17H15F3N4O2/c1-26-12-6-4-10-24-13(14(17(18,19)20)23-15(12)24)16(25)22-9-7-11-5-2-3-8-21-11/h2-6,8,10H,7,9H2,1H3,(H,22,25). The summed E-state index contributed by atoms with van der Waals surface area (Å²) in [5, 5.41) is 2.50. The number of nitrogens with one attached hydrogen (secondary N) is 1. The van der Waals surface area contributed by atoms with Crippen molar-refractivity contribution in [1.29, 1.82) is 0 Å². The number of methoxy groups -OCH3 is 1. The van der Waals surface area contributed by atoms with Crippen molar-refractivity contribution in [1.82, 2.24) is 19.7 Å². The maximum absolute atomic E-state index is 13.4. The third-order valence-corrected chi connectivity index (χ3v) is 3.71. The van der Waals surface area contributed by atoms with Gasteiger partial charge in [0.05, 0.1) is 7.11 Å². The lowest BCUT2D eigenvalue weighted by Crippen LogP contribution is -2.29. The normalized spacial score (nSPS) is 11.5. The van der Waals surface area contributed by atoms with Gasteiger partial charge in [-0.25, -0.2) is 4.98 Å². The molecule has 0 aliphatic heterocycles. The third kappa shape index (κ3) is 3.46. The van der Waals surface area contributed by atoms with Crippen LogP contribution in [0.4, 0.5) is 13.2 Å². The van der Waals surface area contributed by atoms with Crippen LogP contribution < -0.4 is 10.1 Å². The van der Waals surface area contributed by atoms with E-state index >= 15 is 0 Å². The van der Waals surface area contributed by atoms with Crippen molar-refractivity contribution in [3.63, 3.8) is 0 Å². The number of ether oxygens (including phenoxy) is 1. The summed E-state index contributed by atoms with van der Waals surface area (Å²) < 4.78 is 46.2. The minimum Gasteiger partial charge on any atom is -0.493 e. The summed E-state index contributed by atoms with van der Waals surface area (Å²) in [5.41, 5.74) is -1.18. The molecule has 9 heteroatoms. The molecule has 3 rings (SSSR count). The number of aromatic nitrogens is 3. The van der Waals surface area contributed by atoms with E-state index < -0.39 is 23.5 Å². The quantitative estimate of drug-likeness (QED) is 0.756. The second-order valence-electron chi connectivity index (χ2n) is 5.40. The number of nitrogens with zero attached hydrogens (tertiary/aromatic N) is 3. The van der Waals surface area contributed by atoms with E-state index in [1.54, 1.807) is 24.4 Å². The summed E-state index contributed by atoms with van der Waals surface area (Å²) >= 11 is 0. The Kier molecular flexibility index (Phi) is 4.79. The Hall–Kier alpha value is -3.10. The Bertz CT molecular complexity index is 923. The number of carbonyl (C=O) groups is 1. The van der Waals surface area contributed by atoms with Crippen LogP contribution in [-0.2, 0) is 12.6 Å². The molecular weight excluding hydrogens is 349 g/mol. The molecule has 0 unspecified atom stereocenters. The summed E-state index contributed by atoms with van der Waals surface area (Å²) in [5.74, 6) is -0.723. The van der Waals surface area contributed by atoms with Crippen LogP contribution >= 0.6 is 0 Å². The van der Waals surface area contributed by atoms with Crippen LogP contribution in [0.15, 0.2) is 42.7 Å². The molecule has 3 aromatic heterocycles.